The Hall–Kier alpha value is -2.28. The lowest BCUT2D eigenvalue weighted by atomic mass is 10.2. The van der Waals surface area contributed by atoms with Gasteiger partial charge >= 0.3 is 0 Å². The standard InChI is InChI=1S/C13H8BrFN2O3/c14-9-3-1-8(2-4-9)13(18)16-12-7-10(17(19)20)5-6-11(12)15/h1-7H,(H,16,18). The number of nitrogens with zero attached hydrogens (tertiary/aromatic N) is 1. The number of benzene rings is 2. The maximum absolute atomic E-state index is 13.5. The zero-order valence-electron chi connectivity index (χ0n) is 9.97. The predicted molar refractivity (Wildman–Crippen MR) is 75.1 cm³/mol. The Bertz CT molecular complexity index is 674. The predicted octanol–water partition coefficient (Wildman–Crippen LogP) is 3.75. The zero-order chi connectivity index (χ0) is 14.7. The van der Waals surface area contributed by atoms with Crippen LogP contribution in [-0.2, 0) is 0 Å². The van der Waals surface area contributed by atoms with Crippen LogP contribution in [0.25, 0.3) is 0 Å². The van der Waals surface area contributed by atoms with Gasteiger partial charge in [-0.3, -0.25) is 14.9 Å². The molecular weight excluding hydrogens is 331 g/mol. The lowest BCUT2D eigenvalue weighted by molar-refractivity contribution is -0.384. The van der Waals surface area contributed by atoms with Crippen molar-refractivity contribution in [2.45, 2.75) is 0 Å². The van der Waals surface area contributed by atoms with Crippen LogP contribution < -0.4 is 5.32 Å². The van der Waals surface area contributed by atoms with Crippen molar-refractivity contribution in [2.24, 2.45) is 0 Å². The molecule has 20 heavy (non-hydrogen) atoms. The molecule has 0 saturated carbocycles. The molecule has 1 N–H and O–H groups in total. The van der Waals surface area contributed by atoms with Gasteiger partial charge in [-0.1, -0.05) is 15.9 Å². The largest absolute Gasteiger partial charge is 0.319 e. The lowest BCUT2D eigenvalue weighted by Crippen LogP contribution is -2.13. The van der Waals surface area contributed by atoms with E-state index in [-0.39, 0.29) is 11.4 Å². The first-order chi connectivity index (χ1) is 9.47. The van der Waals surface area contributed by atoms with Crippen molar-refractivity contribution in [1.29, 1.82) is 0 Å². The topological polar surface area (TPSA) is 72.2 Å². The summed E-state index contributed by atoms with van der Waals surface area (Å²) in [6.45, 7) is 0. The molecule has 0 heterocycles. The molecule has 0 aromatic heterocycles. The van der Waals surface area contributed by atoms with E-state index in [1.54, 1.807) is 24.3 Å². The molecule has 0 aliphatic rings. The Kier molecular flexibility index (Phi) is 4.09. The molecule has 0 aliphatic heterocycles. The van der Waals surface area contributed by atoms with E-state index in [2.05, 4.69) is 21.2 Å². The molecule has 2 rings (SSSR count). The van der Waals surface area contributed by atoms with E-state index in [0.29, 0.717) is 5.56 Å². The molecule has 0 fully saturated rings. The molecular formula is C13H8BrFN2O3. The van der Waals surface area contributed by atoms with E-state index in [4.69, 9.17) is 0 Å². The summed E-state index contributed by atoms with van der Waals surface area (Å²) in [6, 6.07) is 9.38. The fourth-order valence-electron chi connectivity index (χ4n) is 1.52. The van der Waals surface area contributed by atoms with Gasteiger partial charge in [-0.25, -0.2) is 4.39 Å². The second kappa shape index (κ2) is 5.79. The summed E-state index contributed by atoms with van der Waals surface area (Å²) < 4.78 is 14.3. The average molecular weight is 339 g/mol. The number of amides is 1. The van der Waals surface area contributed by atoms with Crippen molar-refractivity contribution < 1.29 is 14.1 Å². The van der Waals surface area contributed by atoms with Crippen LogP contribution in [0.3, 0.4) is 0 Å². The molecule has 0 aliphatic carbocycles. The first-order valence-electron chi connectivity index (χ1n) is 5.48. The quantitative estimate of drug-likeness (QED) is 0.684. The van der Waals surface area contributed by atoms with Gasteiger partial charge in [-0.2, -0.15) is 0 Å². The SMILES string of the molecule is O=C(Nc1cc([N+](=O)[O-])ccc1F)c1ccc(Br)cc1. The first-order valence-corrected chi connectivity index (χ1v) is 6.27. The number of nitrogens with one attached hydrogen (secondary N) is 1. The molecule has 0 bridgehead atoms. The Morgan fingerprint density at radius 3 is 2.45 bits per heavy atom. The van der Waals surface area contributed by atoms with Gasteiger partial charge < -0.3 is 5.32 Å². The van der Waals surface area contributed by atoms with E-state index in [1.165, 1.54) is 0 Å². The number of carbonyl (C=O) groups is 1. The summed E-state index contributed by atoms with van der Waals surface area (Å²) in [5, 5.41) is 12.9. The summed E-state index contributed by atoms with van der Waals surface area (Å²) in [4.78, 5) is 21.9. The Morgan fingerprint density at radius 1 is 1.20 bits per heavy atom. The number of hydrogen-bond donors (Lipinski definition) is 1. The van der Waals surface area contributed by atoms with Crippen LogP contribution in [0.15, 0.2) is 46.9 Å². The van der Waals surface area contributed by atoms with Crippen LogP contribution in [0.1, 0.15) is 10.4 Å². The fraction of sp³-hybridized carbons (Fsp3) is 0. The Balaban J connectivity index is 2.25. The van der Waals surface area contributed by atoms with Crippen LogP contribution in [0.2, 0.25) is 0 Å². The highest BCUT2D eigenvalue weighted by molar-refractivity contribution is 9.10. The number of halogens is 2. The number of nitro groups is 1. The number of nitro benzene ring substituents is 1. The average Bonchev–Trinajstić information content (AvgIpc) is 2.41. The van der Waals surface area contributed by atoms with Gasteiger partial charge in [0.25, 0.3) is 11.6 Å². The second-order valence-electron chi connectivity index (χ2n) is 3.88. The summed E-state index contributed by atoms with van der Waals surface area (Å²) in [6.07, 6.45) is 0. The molecule has 1 amide bonds. The van der Waals surface area contributed by atoms with Crippen molar-refractivity contribution in [3.8, 4) is 0 Å². The van der Waals surface area contributed by atoms with Crippen LogP contribution in [0, 0.1) is 15.9 Å². The van der Waals surface area contributed by atoms with Gasteiger partial charge in [0, 0.05) is 22.2 Å². The highest BCUT2D eigenvalue weighted by Crippen LogP contribution is 2.22. The first kappa shape index (κ1) is 14.1. The number of non-ortho nitro benzene ring substituents is 1. The van der Waals surface area contributed by atoms with Crippen LogP contribution >= 0.6 is 15.9 Å². The minimum absolute atomic E-state index is 0.230. The maximum Gasteiger partial charge on any atom is 0.271 e. The third kappa shape index (κ3) is 3.18. The summed E-state index contributed by atoms with van der Waals surface area (Å²) in [5.41, 5.74) is -0.205. The number of carbonyl (C=O) groups excluding carboxylic acids is 1. The third-order valence-electron chi connectivity index (χ3n) is 2.52. The van der Waals surface area contributed by atoms with Crippen molar-refractivity contribution in [3.63, 3.8) is 0 Å². The van der Waals surface area contributed by atoms with E-state index >= 15 is 0 Å². The van der Waals surface area contributed by atoms with Crippen molar-refractivity contribution in [1.82, 2.24) is 0 Å². The number of anilines is 1. The Labute approximate surface area is 121 Å². The summed E-state index contributed by atoms with van der Waals surface area (Å²) >= 11 is 3.23. The lowest BCUT2D eigenvalue weighted by Gasteiger charge is -2.06. The number of rotatable bonds is 3. The molecule has 0 spiro atoms. The van der Waals surface area contributed by atoms with Gasteiger partial charge in [-0.05, 0) is 30.3 Å². The normalized spacial score (nSPS) is 10.1. The van der Waals surface area contributed by atoms with Crippen molar-refractivity contribution in [3.05, 3.63) is 68.4 Å². The second-order valence-corrected chi connectivity index (χ2v) is 4.80. The van der Waals surface area contributed by atoms with Crippen LogP contribution in [0.4, 0.5) is 15.8 Å². The van der Waals surface area contributed by atoms with Crippen LogP contribution in [-0.4, -0.2) is 10.8 Å². The third-order valence-corrected chi connectivity index (χ3v) is 3.04. The summed E-state index contributed by atoms with van der Waals surface area (Å²) in [7, 11) is 0. The zero-order valence-corrected chi connectivity index (χ0v) is 11.6. The minimum atomic E-state index is -0.735. The smallest absolute Gasteiger partial charge is 0.271 e. The molecule has 2 aromatic rings. The fourth-order valence-corrected chi connectivity index (χ4v) is 1.78. The van der Waals surface area contributed by atoms with E-state index in [9.17, 15) is 19.3 Å². The maximum atomic E-state index is 13.5. The molecule has 7 heteroatoms. The number of hydrogen-bond acceptors (Lipinski definition) is 3. The molecule has 0 unspecified atom stereocenters. The van der Waals surface area contributed by atoms with Gasteiger partial charge in [0.1, 0.15) is 5.82 Å². The van der Waals surface area contributed by atoms with Crippen LogP contribution in [0.5, 0.6) is 0 Å². The Morgan fingerprint density at radius 2 is 1.85 bits per heavy atom. The van der Waals surface area contributed by atoms with Gasteiger partial charge in [0.15, 0.2) is 0 Å². The minimum Gasteiger partial charge on any atom is -0.319 e. The van der Waals surface area contributed by atoms with Gasteiger partial charge in [-0.15, -0.1) is 0 Å². The highest BCUT2D eigenvalue weighted by Gasteiger charge is 2.14. The van der Waals surface area contributed by atoms with Crippen molar-refractivity contribution >= 4 is 33.2 Å². The molecule has 0 atom stereocenters. The molecule has 5 nitrogen and oxygen atoms in total. The monoisotopic (exact) mass is 338 g/mol. The van der Waals surface area contributed by atoms with Crippen molar-refractivity contribution in [2.75, 3.05) is 5.32 Å². The van der Waals surface area contributed by atoms with Gasteiger partial charge in [0.2, 0.25) is 0 Å². The molecule has 102 valence electrons. The molecule has 0 radical (unpaired) electrons. The highest BCUT2D eigenvalue weighted by atomic mass is 79.9. The van der Waals surface area contributed by atoms with Gasteiger partial charge in [0.05, 0.1) is 10.6 Å². The van der Waals surface area contributed by atoms with E-state index in [0.717, 1.165) is 22.7 Å². The van der Waals surface area contributed by atoms with E-state index in [1.807, 2.05) is 0 Å². The van der Waals surface area contributed by atoms with E-state index < -0.39 is 16.6 Å². The molecule has 0 saturated heterocycles. The molecule has 2 aromatic carbocycles. The summed E-state index contributed by atoms with van der Waals surface area (Å²) in [5.74, 6) is -1.28.